The van der Waals surface area contributed by atoms with Crippen LogP contribution in [0.25, 0.3) is 0 Å². The average molecular weight is 223 g/mol. The van der Waals surface area contributed by atoms with Gasteiger partial charge in [0.25, 0.3) is 0 Å². The summed E-state index contributed by atoms with van der Waals surface area (Å²) in [6.07, 6.45) is 3.86. The third-order valence-electron chi connectivity index (χ3n) is 1.80. The van der Waals surface area contributed by atoms with Crippen molar-refractivity contribution in [3.63, 3.8) is 0 Å². The van der Waals surface area contributed by atoms with Crippen molar-refractivity contribution in [3.05, 3.63) is 72.4 Å². The van der Waals surface area contributed by atoms with Gasteiger partial charge in [-0.15, -0.1) is 42.3 Å². The first-order chi connectivity index (χ1) is 7.45. The first-order valence-corrected chi connectivity index (χ1v) is 4.71. The second-order valence-corrected chi connectivity index (χ2v) is 2.81. The number of hydrogen-bond donors (Lipinski definition) is 1. The van der Waals surface area contributed by atoms with Crippen molar-refractivity contribution in [2.45, 2.75) is 0 Å². The molecule has 0 aliphatic heterocycles. The van der Waals surface area contributed by atoms with Crippen LogP contribution in [-0.2, 0) is 0 Å². The van der Waals surface area contributed by atoms with Crippen molar-refractivity contribution in [2.75, 3.05) is 7.11 Å². The molecule has 0 amide bonds. The van der Waals surface area contributed by atoms with E-state index in [0.29, 0.717) is 0 Å². The van der Waals surface area contributed by atoms with E-state index in [4.69, 9.17) is 5.11 Å². The zero-order chi connectivity index (χ0) is 10.9. The molecule has 0 aliphatic rings. The van der Waals surface area contributed by atoms with E-state index in [1.807, 2.05) is 36.4 Å². The Morgan fingerprint density at radius 1 is 0.938 bits per heavy atom. The molecule has 1 N–H and O–H groups in total. The topological polar surface area (TPSA) is 33.1 Å². The van der Waals surface area contributed by atoms with Gasteiger partial charge < -0.3 is 5.11 Å². The van der Waals surface area contributed by atoms with Gasteiger partial charge in [0.1, 0.15) is 0 Å². The quantitative estimate of drug-likeness (QED) is 0.539. The van der Waals surface area contributed by atoms with Gasteiger partial charge in [-0.3, -0.25) is 4.98 Å². The Morgan fingerprint density at radius 3 is 2.12 bits per heavy atom. The molecule has 3 heteroatoms. The van der Waals surface area contributed by atoms with Crippen LogP contribution in [0.5, 0.6) is 0 Å². The summed E-state index contributed by atoms with van der Waals surface area (Å²) < 4.78 is 0. The minimum atomic E-state index is 0. The van der Waals surface area contributed by atoms with Crippen molar-refractivity contribution in [3.8, 4) is 0 Å². The summed E-state index contributed by atoms with van der Waals surface area (Å²) in [6, 6.07) is 16.1. The molecule has 0 fully saturated rings. The van der Waals surface area contributed by atoms with Crippen molar-refractivity contribution in [2.24, 2.45) is 0 Å². The van der Waals surface area contributed by atoms with Crippen LogP contribution in [0.2, 0.25) is 0 Å². The monoisotopic (exact) mass is 223 g/mol. The van der Waals surface area contributed by atoms with E-state index >= 15 is 0 Å². The minimum Gasteiger partial charge on any atom is -0.400 e. The van der Waals surface area contributed by atoms with Crippen LogP contribution < -0.4 is 29.6 Å². The Balaban J connectivity index is 0.000000711. The number of hydrogen-bond acceptors (Lipinski definition) is 2. The Labute approximate surface area is 119 Å². The van der Waals surface area contributed by atoms with Gasteiger partial charge in [-0.1, -0.05) is 18.2 Å². The molecule has 0 aliphatic carbocycles. The Hall–Kier alpha value is -0.800. The largest absolute Gasteiger partial charge is 1.00 e. The number of aliphatic hydroxyl groups is 1. The summed E-state index contributed by atoms with van der Waals surface area (Å²) in [7, 11) is 1.00. The fourth-order valence-electron chi connectivity index (χ4n) is 1.18. The van der Waals surface area contributed by atoms with Crippen LogP contribution in [0.3, 0.4) is 0 Å². The van der Waals surface area contributed by atoms with Crippen LogP contribution in [0.1, 0.15) is 11.3 Å². The molecule has 0 bridgehead atoms. The Kier molecular flexibility index (Phi) is 8.96. The van der Waals surface area contributed by atoms with Crippen LogP contribution in [0, 0.1) is 6.42 Å². The molecular formula is C13H14NNaO. The van der Waals surface area contributed by atoms with Gasteiger partial charge in [0.05, 0.1) is 0 Å². The summed E-state index contributed by atoms with van der Waals surface area (Å²) in [5.74, 6) is 0. The first kappa shape index (κ1) is 15.2. The molecule has 1 heterocycles. The summed E-state index contributed by atoms with van der Waals surface area (Å²) in [4.78, 5) is 4.22. The van der Waals surface area contributed by atoms with Crippen molar-refractivity contribution in [1.82, 2.24) is 4.98 Å². The number of nitrogens with zero attached hydrogens (tertiary/aromatic N) is 1. The molecule has 16 heavy (non-hydrogen) atoms. The SMILES string of the molecule is CO.[Na+].c1ccc([CH-]c2ccccn2)cc1. The molecular weight excluding hydrogens is 209 g/mol. The van der Waals surface area contributed by atoms with Gasteiger partial charge in [-0.25, -0.2) is 0 Å². The molecule has 2 aromatic rings. The molecule has 0 saturated carbocycles. The zero-order valence-corrected chi connectivity index (χ0v) is 11.7. The van der Waals surface area contributed by atoms with Gasteiger partial charge in [0.15, 0.2) is 0 Å². The van der Waals surface area contributed by atoms with E-state index < -0.39 is 0 Å². The normalized spacial score (nSPS) is 8.12. The van der Waals surface area contributed by atoms with Gasteiger partial charge in [0, 0.05) is 13.3 Å². The van der Waals surface area contributed by atoms with Crippen molar-refractivity contribution >= 4 is 0 Å². The van der Waals surface area contributed by atoms with Crippen LogP contribution >= 0.6 is 0 Å². The maximum Gasteiger partial charge on any atom is 1.00 e. The van der Waals surface area contributed by atoms with Crippen LogP contribution in [0.4, 0.5) is 0 Å². The summed E-state index contributed by atoms with van der Waals surface area (Å²) in [5.41, 5.74) is 2.18. The van der Waals surface area contributed by atoms with Crippen molar-refractivity contribution < 1.29 is 34.7 Å². The fourth-order valence-corrected chi connectivity index (χ4v) is 1.18. The second-order valence-electron chi connectivity index (χ2n) is 2.81. The molecule has 1 aromatic carbocycles. The predicted molar refractivity (Wildman–Crippen MR) is 61.3 cm³/mol. The maximum absolute atomic E-state index is 7.00. The van der Waals surface area contributed by atoms with Crippen LogP contribution in [-0.4, -0.2) is 17.2 Å². The van der Waals surface area contributed by atoms with E-state index in [2.05, 4.69) is 23.5 Å². The summed E-state index contributed by atoms with van der Waals surface area (Å²) in [5, 5.41) is 7.00. The van der Waals surface area contributed by atoms with E-state index in [1.165, 1.54) is 5.56 Å². The van der Waals surface area contributed by atoms with E-state index in [9.17, 15) is 0 Å². The molecule has 0 saturated heterocycles. The van der Waals surface area contributed by atoms with Crippen LogP contribution in [0.15, 0.2) is 54.7 Å². The first-order valence-electron chi connectivity index (χ1n) is 4.71. The Bertz CT molecular complexity index is 327. The molecule has 0 unspecified atom stereocenters. The van der Waals surface area contributed by atoms with E-state index in [0.717, 1.165) is 12.8 Å². The van der Waals surface area contributed by atoms with Gasteiger partial charge in [-0.2, -0.15) is 0 Å². The number of aromatic nitrogens is 1. The smallest absolute Gasteiger partial charge is 0.400 e. The molecule has 1 aromatic heterocycles. The van der Waals surface area contributed by atoms with Gasteiger partial charge in [0.2, 0.25) is 0 Å². The van der Waals surface area contributed by atoms with Gasteiger partial charge >= 0.3 is 29.6 Å². The summed E-state index contributed by atoms with van der Waals surface area (Å²) >= 11 is 0. The number of aliphatic hydroxyl groups excluding tert-OH is 1. The van der Waals surface area contributed by atoms with E-state index in [-0.39, 0.29) is 29.6 Å². The molecule has 0 atom stereocenters. The number of pyridine rings is 1. The summed E-state index contributed by atoms with van der Waals surface area (Å²) in [6.45, 7) is 0. The molecule has 2 rings (SSSR count). The third kappa shape index (κ3) is 5.33. The molecule has 2 nitrogen and oxygen atoms in total. The standard InChI is InChI=1S/C12H10N.CH4O.Na/c1-2-6-11(7-3-1)10-12-8-4-5-9-13-12;1-2;/h1-10H;2H,1H3;/q-1;;+1. The fraction of sp³-hybridized carbons (Fsp3) is 0.0769. The molecule has 0 spiro atoms. The zero-order valence-electron chi connectivity index (χ0n) is 9.67. The Morgan fingerprint density at radius 2 is 1.56 bits per heavy atom. The van der Waals surface area contributed by atoms with Crippen molar-refractivity contribution in [1.29, 1.82) is 0 Å². The number of benzene rings is 1. The minimum absolute atomic E-state index is 0. The maximum atomic E-state index is 7.00. The molecule has 78 valence electrons. The van der Waals surface area contributed by atoms with Gasteiger partial charge in [-0.05, 0) is 5.69 Å². The second kappa shape index (κ2) is 9.43. The molecule has 0 radical (unpaired) electrons. The third-order valence-corrected chi connectivity index (χ3v) is 1.80. The number of rotatable bonds is 2. The van der Waals surface area contributed by atoms with E-state index in [1.54, 1.807) is 6.20 Å². The predicted octanol–water partition coefficient (Wildman–Crippen LogP) is -0.705. The average Bonchev–Trinajstić information content (AvgIpc) is 2.34.